The van der Waals surface area contributed by atoms with Gasteiger partial charge >= 0.3 is 6.09 Å². The van der Waals surface area contributed by atoms with E-state index in [-0.39, 0.29) is 17.9 Å². The summed E-state index contributed by atoms with van der Waals surface area (Å²) in [6.07, 6.45) is 2.40. The highest BCUT2D eigenvalue weighted by Crippen LogP contribution is 2.43. The standard InChI is InChI=1S/C28H29ClN4O3/c1-28(2,3)36-27(35)33-23-10-8-20(14-23)25(33)26(34)32-22(16-31)12-17-4-6-18(7-5-17)19-9-11-24(29)21(13-19)15-30/h4-7,9,11,13,20,22-23,25H,8,10,12,14H2,1-3H3,(H,32,34)/t20-,22-,23+,25-/m0/s1. The highest BCUT2D eigenvalue weighted by molar-refractivity contribution is 6.31. The third kappa shape index (κ3) is 5.48. The van der Waals surface area contributed by atoms with Crippen LogP contribution in [-0.4, -0.2) is 40.6 Å². The van der Waals surface area contributed by atoms with Crippen molar-refractivity contribution in [2.24, 2.45) is 5.92 Å². The second-order valence-corrected chi connectivity index (χ2v) is 10.9. The molecular weight excluding hydrogens is 476 g/mol. The lowest BCUT2D eigenvalue weighted by Gasteiger charge is -2.35. The molecule has 0 radical (unpaired) electrons. The topological polar surface area (TPSA) is 106 Å². The fourth-order valence-corrected chi connectivity index (χ4v) is 5.31. The summed E-state index contributed by atoms with van der Waals surface area (Å²) in [5.74, 6) is -0.222. The molecule has 7 nitrogen and oxygen atoms in total. The summed E-state index contributed by atoms with van der Waals surface area (Å²) in [7, 11) is 0. The third-order valence-corrected chi connectivity index (χ3v) is 7.07. The van der Waals surface area contributed by atoms with Crippen LogP contribution in [0.1, 0.15) is 51.2 Å². The molecule has 4 atom stereocenters. The van der Waals surface area contributed by atoms with Crippen LogP contribution in [0.25, 0.3) is 11.1 Å². The van der Waals surface area contributed by atoms with E-state index in [2.05, 4.69) is 17.5 Å². The quantitative estimate of drug-likeness (QED) is 0.601. The van der Waals surface area contributed by atoms with E-state index >= 15 is 0 Å². The lowest BCUT2D eigenvalue weighted by molar-refractivity contribution is -0.128. The average molecular weight is 505 g/mol. The van der Waals surface area contributed by atoms with Crippen molar-refractivity contribution in [2.45, 2.75) is 70.2 Å². The maximum Gasteiger partial charge on any atom is 0.411 e. The summed E-state index contributed by atoms with van der Waals surface area (Å²) < 4.78 is 5.57. The molecule has 0 aromatic heterocycles. The van der Waals surface area contributed by atoms with Crippen molar-refractivity contribution in [1.82, 2.24) is 10.2 Å². The minimum Gasteiger partial charge on any atom is -0.444 e. The normalized spacial score (nSPS) is 21.4. The number of likely N-dealkylation sites (tertiary alicyclic amines) is 1. The Balaban J connectivity index is 1.43. The van der Waals surface area contributed by atoms with Crippen LogP contribution in [-0.2, 0) is 16.0 Å². The third-order valence-electron chi connectivity index (χ3n) is 6.74. The van der Waals surface area contributed by atoms with Crippen molar-refractivity contribution in [3.63, 3.8) is 0 Å². The SMILES string of the molecule is CC(C)(C)OC(=O)N1[C@@H]2CC[C@@H](C2)[C@H]1C(=O)N[C@H](C#N)Cc1ccc(-c2ccc(Cl)c(C#N)c2)cc1. The van der Waals surface area contributed by atoms with Gasteiger partial charge < -0.3 is 10.1 Å². The molecule has 1 heterocycles. The number of rotatable bonds is 5. The highest BCUT2D eigenvalue weighted by Gasteiger charge is 2.52. The summed E-state index contributed by atoms with van der Waals surface area (Å²) in [5, 5.41) is 22.2. The Labute approximate surface area is 216 Å². The zero-order chi connectivity index (χ0) is 26.0. The molecule has 2 amide bonds. The molecule has 0 spiro atoms. The van der Waals surface area contributed by atoms with Gasteiger partial charge in [0.25, 0.3) is 0 Å². The Morgan fingerprint density at radius 1 is 1.14 bits per heavy atom. The summed E-state index contributed by atoms with van der Waals surface area (Å²) >= 11 is 6.03. The Morgan fingerprint density at radius 3 is 2.47 bits per heavy atom. The van der Waals surface area contributed by atoms with Gasteiger partial charge in [0.15, 0.2) is 0 Å². The number of piperidine rings is 1. The van der Waals surface area contributed by atoms with Gasteiger partial charge in [-0.05, 0) is 74.8 Å². The summed E-state index contributed by atoms with van der Waals surface area (Å²) in [5.41, 5.74) is 2.43. The van der Waals surface area contributed by atoms with Crippen molar-refractivity contribution < 1.29 is 14.3 Å². The first-order valence-corrected chi connectivity index (χ1v) is 12.5. The molecule has 1 aliphatic heterocycles. The highest BCUT2D eigenvalue weighted by atomic mass is 35.5. The number of benzene rings is 2. The molecule has 2 bridgehead atoms. The molecule has 1 saturated heterocycles. The fraction of sp³-hybridized carbons (Fsp3) is 0.429. The van der Waals surface area contributed by atoms with Gasteiger partial charge in [0.05, 0.1) is 16.7 Å². The van der Waals surface area contributed by atoms with Gasteiger partial charge in [0.2, 0.25) is 5.91 Å². The lowest BCUT2D eigenvalue weighted by Crippen LogP contribution is -2.55. The van der Waals surface area contributed by atoms with Crippen LogP contribution in [0.15, 0.2) is 42.5 Å². The van der Waals surface area contributed by atoms with Crippen LogP contribution in [0.2, 0.25) is 5.02 Å². The molecule has 8 heteroatoms. The Hall–Kier alpha value is -3.55. The van der Waals surface area contributed by atoms with Gasteiger partial charge in [-0.2, -0.15) is 10.5 Å². The number of hydrogen-bond donors (Lipinski definition) is 1. The maximum absolute atomic E-state index is 13.3. The first-order chi connectivity index (χ1) is 17.1. The van der Waals surface area contributed by atoms with Crippen LogP contribution in [0.4, 0.5) is 4.79 Å². The molecule has 1 aliphatic carbocycles. The summed E-state index contributed by atoms with van der Waals surface area (Å²) in [4.78, 5) is 27.7. The predicted molar refractivity (Wildman–Crippen MR) is 136 cm³/mol. The molecule has 2 aromatic carbocycles. The van der Waals surface area contributed by atoms with Crippen LogP contribution in [0.5, 0.6) is 0 Å². The molecule has 186 valence electrons. The Kier molecular flexibility index (Phi) is 7.24. The van der Waals surface area contributed by atoms with E-state index in [4.69, 9.17) is 16.3 Å². The molecule has 2 fully saturated rings. The molecule has 4 rings (SSSR count). The zero-order valence-corrected chi connectivity index (χ0v) is 21.4. The smallest absolute Gasteiger partial charge is 0.411 e. The number of nitriles is 2. The molecular formula is C28H29ClN4O3. The van der Waals surface area contributed by atoms with Gasteiger partial charge in [0, 0.05) is 12.5 Å². The van der Waals surface area contributed by atoms with Crippen LogP contribution in [0, 0.1) is 28.6 Å². The molecule has 1 saturated carbocycles. The first-order valence-electron chi connectivity index (χ1n) is 12.1. The molecule has 2 aliphatic rings. The number of hydrogen-bond acceptors (Lipinski definition) is 5. The van der Waals surface area contributed by atoms with Crippen molar-refractivity contribution in [1.29, 1.82) is 10.5 Å². The van der Waals surface area contributed by atoms with E-state index in [0.717, 1.165) is 36.0 Å². The number of nitrogens with one attached hydrogen (secondary N) is 1. The van der Waals surface area contributed by atoms with Crippen LogP contribution >= 0.6 is 11.6 Å². The van der Waals surface area contributed by atoms with Crippen LogP contribution < -0.4 is 5.32 Å². The van der Waals surface area contributed by atoms with E-state index in [0.29, 0.717) is 17.0 Å². The number of ether oxygens (including phenoxy) is 1. The second kappa shape index (κ2) is 10.2. The van der Waals surface area contributed by atoms with E-state index < -0.39 is 23.8 Å². The Morgan fingerprint density at radius 2 is 1.83 bits per heavy atom. The molecule has 0 unspecified atom stereocenters. The number of nitrogens with zero attached hydrogens (tertiary/aromatic N) is 3. The largest absolute Gasteiger partial charge is 0.444 e. The maximum atomic E-state index is 13.3. The summed E-state index contributed by atoms with van der Waals surface area (Å²) in [6.45, 7) is 5.42. The number of carbonyl (C=O) groups is 2. The van der Waals surface area contributed by atoms with Gasteiger partial charge in [0.1, 0.15) is 23.8 Å². The minimum absolute atomic E-state index is 0.00287. The number of carbonyl (C=O) groups excluding carboxylic acids is 2. The van der Waals surface area contributed by atoms with Crippen LogP contribution in [0.3, 0.4) is 0 Å². The van der Waals surface area contributed by atoms with Crippen molar-refractivity contribution in [3.8, 4) is 23.3 Å². The lowest BCUT2D eigenvalue weighted by atomic mass is 9.97. The van der Waals surface area contributed by atoms with Crippen molar-refractivity contribution in [2.75, 3.05) is 0 Å². The summed E-state index contributed by atoms with van der Waals surface area (Å²) in [6, 6.07) is 15.8. The molecule has 36 heavy (non-hydrogen) atoms. The van der Waals surface area contributed by atoms with Gasteiger partial charge in [-0.25, -0.2) is 4.79 Å². The Bertz CT molecular complexity index is 1240. The second-order valence-electron chi connectivity index (χ2n) is 10.5. The first kappa shape index (κ1) is 25.5. The number of halogens is 1. The van der Waals surface area contributed by atoms with E-state index in [1.54, 1.807) is 37.8 Å². The molecule has 2 aromatic rings. The zero-order valence-electron chi connectivity index (χ0n) is 20.6. The van der Waals surface area contributed by atoms with Gasteiger partial charge in [-0.1, -0.05) is 41.9 Å². The van der Waals surface area contributed by atoms with E-state index in [9.17, 15) is 20.1 Å². The van der Waals surface area contributed by atoms with E-state index in [1.807, 2.05) is 30.3 Å². The van der Waals surface area contributed by atoms with Gasteiger partial charge in [-0.15, -0.1) is 0 Å². The minimum atomic E-state index is -0.733. The van der Waals surface area contributed by atoms with Crippen molar-refractivity contribution >= 4 is 23.6 Å². The monoisotopic (exact) mass is 504 g/mol. The van der Waals surface area contributed by atoms with Crippen molar-refractivity contribution in [3.05, 3.63) is 58.6 Å². The number of fused-ring (bicyclic) bond motifs is 2. The number of amides is 2. The van der Waals surface area contributed by atoms with E-state index in [1.165, 1.54) is 0 Å². The van der Waals surface area contributed by atoms with Gasteiger partial charge in [-0.3, -0.25) is 9.69 Å². The predicted octanol–water partition coefficient (Wildman–Crippen LogP) is 5.22. The molecule has 1 N–H and O–H groups in total. The fourth-order valence-electron chi connectivity index (χ4n) is 5.15. The average Bonchev–Trinajstić information content (AvgIpc) is 3.45.